The Hall–Kier alpha value is -0.780. The first-order chi connectivity index (χ1) is 8.06. The van der Waals surface area contributed by atoms with Crippen LogP contribution in [0.2, 0.25) is 5.02 Å². The molecule has 2 aliphatic rings. The zero-order chi connectivity index (χ0) is 12.0. The lowest BCUT2D eigenvalue weighted by Crippen LogP contribution is -2.44. The van der Waals surface area contributed by atoms with Crippen molar-refractivity contribution in [3.05, 3.63) is 23.2 Å². The number of anilines is 1. The molecule has 1 aliphatic carbocycles. The Balaban J connectivity index is 2.03. The van der Waals surface area contributed by atoms with Crippen molar-refractivity contribution in [3.8, 4) is 0 Å². The Kier molecular flexibility index (Phi) is 2.57. The number of halogens is 1. The molecular weight excluding hydrogens is 260 g/mol. The summed E-state index contributed by atoms with van der Waals surface area (Å²) >= 11 is 5.86. The first-order valence-electron chi connectivity index (χ1n) is 5.60. The fourth-order valence-corrected chi connectivity index (χ4v) is 3.54. The van der Waals surface area contributed by atoms with E-state index in [0.717, 1.165) is 12.2 Å². The number of sulfonamides is 1. The van der Waals surface area contributed by atoms with Gasteiger partial charge in [-0.2, -0.15) is 4.72 Å². The number of fused-ring (bicyclic) bond motifs is 1. The highest BCUT2D eigenvalue weighted by molar-refractivity contribution is 7.89. The van der Waals surface area contributed by atoms with Crippen molar-refractivity contribution in [1.29, 1.82) is 0 Å². The lowest BCUT2D eigenvalue weighted by atomic mass is 10.2. The van der Waals surface area contributed by atoms with E-state index in [9.17, 15) is 8.42 Å². The molecule has 1 heterocycles. The van der Waals surface area contributed by atoms with E-state index in [2.05, 4.69) is 9.62 Å². The summed E-state index contributed by atoms with van der Waals surface area (Å²) in [6.07, 6.45) is 2.48. The highest BCUT2D eigenvalue weighted by Crippen LogP contribution is 2.35. The summed E-state index contributed by atoms with van der Waals surface area (Å²) in [4.78, 5) is 2.36. The van der Waals surface area contributed by atoms with E-state index in [0.29, 0.717) is 17.6 Å². The van der Waals surface area contributed by atoms with E-state index in [4.69, 9.17) is 11.6 Å². The van der Waals surface area contributed by atoms with Crippen LogP contribution in [0, 0.1) is 5.92 Å². The van der Waals surface area contributed by atoms with Crippen molar-refractivity contribution in [3.63, 3.8) is 0 Å². The minimum absolute atomic E-state index is 0.289. The summed E-state index contributed by atoms with van der Waals surface area (Å²) in [6, 6.07) is 5.04. The molecule has 1 saturated carbocycles. The van der Waals surface area contributed by atoms with Gasteiger partial charge in [-0.1, -0.05) is 11.6 Å². The molecule has 0 unspecified atom stereocenters. The van der Waals surface area contributed by atoms with Gasteiger partial charge in [-0.05, 0) is 37.0 Å². The number of nitrogens with zero attached hydrogens (tertiary/aromatic N) is 1. The van der Waals surface area contributed by atoms with Gasteiger partial charge in [0, 0.05) is 11.6 Å². The van der Waals surface area contributed by atoms with Crippen molar-refractivity contribution >= 4 is 27.3 Å². The second kappa shape index (κ2) is 3.86. The molecule has 0 atom stereocenters. The van der Waals surface area contributed by atoms with Gasteiger partial charge in [-0.3, -0.25) is 0 Å². The molecule has 1 aromatic carbocycles. The summed E-state index contributed by atoms with van der Waals surface area (Å²) in [6.45, 7) is 1.27. The number of rotatable bonds is 2. The largest absolute Gasteiger partial charge is 0.356 e. The van der Waals surface area contributed by atoms with Gasteiger partial charge in [-0.15, -0.1) is 0 Å². The van der Waals surface area contributed by atoms with Gasteiger partial charge >= 0.3 is 0 Å². The zero-order valence-electron chi connectivity index (χ0n) is 9.19. The number of nitrogens with one attached hydrogen (secondary N) is 1. The first-order valence-corrected chi connectivity index (χ1v) is 7.46. The Morgan fingerprint density at radius 1 is 1.41 bits per heavy atom. The molecule has 1 aliphatic heterocycles. The number of hydrogen-bond acceptors (Lipinski definition) is 3. The van der Waals surface area contributed by atoms with Crippen LogP contribution in [0.5, 0.6) is 0 Å². The van der Waals surface area contributed by atoms with Gasteiger partial charge in [0.25, 0.3) is 0 Å². The van der Waals surface area contributed by atoms with Gasteiger partial charge < -0.3 is 4.90 Å². The molecule has 1 aromatic rings. The highest BCUT2D eigenvalue weighted by atomic mass is 35.5. The minimum Gasteiger partial charge on any atom is -0.356 e. The normalized spacial score (nSPS) is 22.3. The molecule has 1 fully saturated rings. The molecule has 0 bridgehead atoms. The van der Waals surface area contributed by atoms with Crippen LogP contribution in [0.3, 0.4) is 0 Å². The fourth-order valence-electron chi connectivity index (χ4n) is 2.07. The third-order valence-corrected chi connectivity index (χ3v) is 4.82. The molecule has 0 amide bonds. The first kappa shape index (κ1) is 11.3. The maximum absolute atomic E-state index is 11.9. The van der Waals surface area contributed by atoms with E-state index in [-0.39, 0.29) is 4.90 Å². The molecule has 0 radical (unpaired) electrons. The molecule has 0 spiro atoms. The van der Waals surface area contributed by atoms with Crippen LogP contribution in [-0.4, -0.2) is 21.6 Å². The van der Waals surface area contributed by atoms with E-state index in [1.54, 1.807) is 12.1 Å². The van der Waals surface area contributed by atoms with Crippen LogP contribution in [-0.2, 0) is 10.0 Å². The summed E-state index contributed by atoms with van der Waals surface area (Å²) in [5.74, 6) is 0.709. The average Bonchev–Trinajstić information content (AvgIpc) is 3.07. The highest BCUT2D eigenvalue weighted by Gasteiger charge is 2.31. The molecule has 3 rings (SSSR count). The van der Waals surface area contributed by atoms with Gasteiger partial charge in [0.15, 0.2) is 0 Å². The predicted octanol–water partition coefficient (Wildman–Crippen LogP) is 1.81. The van der Waals surface area contributed by atoms with E-state index < -0.39 is 10.0 Å². The Morgan fingerprint density at radius 2 is 2.18 bits per heavy atom. The summed E-state index contributed by atoms with van der Waals surface area (Å²) < 4.78 is 26.3. The van der Waals surface area contributed by atoms with Gasteiger partial charge in [-0.25, -0.2) is 8.42 Å². The minimum atomic E-state index is -3.39. The van der Waals surface area contributed by atoms with Crippen molar-refractivity contribution in [2.75, 3.05) is 18.1 Å². The van der Waals surface area contributed by atoms with Crippen LogP contribution < -0.4 is 9.62 Å². The van der Waals surface area contributed by atoms with E-state index in [1.165, 1.54) is 18.9 Å². The second-order valence-electron chi connectivity index (χ2n) is 4.58. The van der Waals surface area contributed by atoms with Crippen molar-refractivity contribution < 1.29 is 8.42 Å². The van der Waals surface area contributed by atoms with Crippen LogP contribution in [0.15, 0.2) is 23.1 Å². The third-order valence-electron chi connectivity index (χ3n) is 3.17. The molecule has 4 nitrogen and oxygen atoms in total. The molecular formula is C11H13ClN2O2S. The Morgan fingerprint density at radius 3 is 2.88 bits per heavy atom. The fraction of sp³-hybridized carbons (Fsp3) is 0.455. The molecule has 6 heteroatoms. The monoisotopic (exact) mass is 272 g/mol. The average molecular weight is 273 g/mol. The van der Waals surface area contributed by atoms with E-state index >= 15 is 0 Å². The SMILES string of the molecule is O=S1(=O)NCN(CC2CC2)c2ccc(Cl)cc21. The van der Waals surface area contributed by atoms with Gasteiger partial charge in [0.2, 0.25) is 10.0 Å². The summed E-state index contributed by atoms with van der Waals surface area (Å²) in [5.41, 5.74) is 0.764. The molecule has 92 valence electrons. The van der Waals surface area contributed by atoms with Gasteiger partial charge in [0.05, 0.1) is 12.4 Å². The van der Waals surface area contributed by atoms with Crippen molar-refractivity contribution in [1.82, 2.24) is 4.72 Å². The second-order valence-corrected chi connectivity index (χ2v) is 6.76. The lowest BCUT2D eigenvalue weighted by Gasteiger charge is -2.31. The zero-order valence-corrected chi connectivity index (χ0v) is 10.8. The maximum atomic E-state index is 11.9. The van der Waals surface area contributed by atoms with Crippen LogP contribution in [0.4, 0.5) is 5.69 Å². The standard InChI is InChI=1S/C11H13ClN2O2S/c12-9-3-4-10-11(5-9)17(15,16)13-7-14(10)6-8-1-2-8/h3-5,8,13H,1-2,6-7H2. The maximum Gasteiger partial charge on any atom is 0.244 e. The summed E-state index contributed by atoms with van der Waals surface area (Å²) in [7, 11) is -3.39. The molecule has 0 saturated heterocycles. The third kappa shape index (κ3) is 2.14. The van der Waals surface area contributed by atoms with Crippen LogP contribution in [0.25, 0.3) is 0 Å². The number of hydrogen-bond donors (Lipinski definition) is 1. The van der Waals surface area contributed by atoms with Crippen LogP contribution in [0.1, 0.15) is 12.8 Å². The van der Waals surface area contributed by atoms with E-state index in [1.807, 2.05) is 0 Å². The predicted molar refractivity (Wildman–Crippen MR) is 66.7 cm³/mol. The molecule has 1 N–H and O–H groups in total. The Bertz CT molecular complexity index is 555. The quantitative estimate of drug-likeness (QED) is 0.893. The summed E-state index contributed by atoms with van der Waals surface area (Å²) in [5, 5.41) is 0.447. The number of benzene rings is 1. The Labute approximate surface area is 106 Å². The topological polar surface area (TPSA) is 49.4 Å². The van der Waals surface area contributed by atoms with Crippen molar-refractivity contribution in [2.24, 2.45) is 5.92 Å². The van der Waals surface area contributed by atoms with Crippen LogP contribution >= 0.6 is 11.6 Å². The molecule has 0 aromatic heterocycles. The van der Waals surface area contributed by atoms with Crippen molar-refractivity contribution in [2.45, 2.75) is 17.7 Å². The van der Waals surface area contributed by atoms with Gasteiger partial charge in [0.1, 0.15) is 4.90 Å². The lowest BCUT2D eigenvalue weighted by molar-refractivity contribution is 0.567. The smallest absolute Gasteiger partial charge is 0.244 e. The molecule has 17 heavy (non-hydrogen) atoms.